The van der Waals surface area contributed by atoms with E-state index in [2.05, 4.69) is 0 Å². The van der Waals surface area contributed by atoms with Crippen molar-refractivity contribution in [3.05, 3.63) is 35.9 Å². The molecule has 0 unspecified atom stereocenters. The molecule has 0 aliphatic carbocycles. The van der Waals surface area contributed by atoms with Gasteiger partial charge in [-0.1, -0.05) is 44.2 Å². The van der Waals surface area contributed by atoms with Gasteiger partial charge in [-0.2, -0.15) is 0 Å². The molecule has 0 atom stereocenters. The zero-order valence-corrected chi connectivity index (χ0v) is 11.5. The molecule has 0 aliphatic heterocycles. The molecule has 0 fully saturated rings. The van der Waals surface area contributed by atoms with Crippen LogP contribution in [0.4, 0.5) is 0 Å². The molecule has 1 aromatic carbocycles. The SMILES string of the molecule is CC(C)CN(CCC(=O)O)C(=O)Cc1ccccc1. The molecule has 0 radical (unpaired) electrons. The van der Waals surface area contributed by atoms with Gasteiger partial charge in [0.15, 0.2) is 0 Å². The Morgan fingerprint density at radius 3 is 2.37 bits per heavy atom. The lowest BCUT2D eigenvalue weighted by molar-refractivity contribution is -0.138. The fraction of sp³-hybridized carbons (Fsp3) is 0.467. The van der Waals surface area contributed by atoms with E-state index in [1.807, 2.05) is 44.2 Å². The summed E-state index contributed by atoms with van der Waals surface area (Å²) in [5.41, 5.74) is 0.955. The molecular weight excluding hydrogens is 242 g/mol. The van der Waals surface area contributed by atoms with Crippen LogP contribution in [0.25, 0.3) is 0 Å². The first kappa shape index (κ1) is 15.2. The average molecular weight is 263 g/mol. The van der Waals surface area contributed by atoms with Gasteiger partial charge in [0.1, 0.15) is 0 Å². The summed E-state index contributed by atoms with van der Waals surface area (Å²) in [6.45, 7) is 4.91. The maximum Gasteiger partial charge on any atom is 0.305 e. The molecule has 0 aliphatic rings. The summed E-state index contributed by atoms with van der Waals surface area (Å²) in [4.78, 5) is 24.5. The van der Waals surface area contributed by atoms with Crippen LogP contribution in [-0.2, 0) is 16.0 Å². The molecule has 19 heavy (non-hydrogen) atoms. The Kier molecular flexibility index (Phi) is 6.06. The number of hydrogen-bond donors (Lipinski definition) is 1. The zero-order valence-electron chi connectivity index (χ0n) is 11.5. The first-order valence-electron chi connectivity index (χ1n) is 6.52. The first-order chi connectivity index (χ1) is 8.99. The van der Waals surface area contributed by atoms with Crippen LogP contribution < -0.4 is 0 Å². The number of hydrogen-bond acceptors (Lipinski definition) is 2. The van der Waals surface area contributed by atoms with Crippen LogP contribution in [0.3, 0.4) is 0 Å². The molecule has 1 aromatic rings. The van der Waals surface area contributed by atoms with Gasteiger partial charge in [-0.3, -0.25) is 9.59 Å². The number of rotatable bonds is 7. The molecule has 0 heterocycles. The van der Waals surface area contributed by atoms with Gasteiger partial charge in [0, 0.05) is 13.1 Å². The van der Waals surface area contributed by atoms with Crippen molar-refractivity contribution in [2.45, 2.75) is 26.7 Å². The van der Waals surface area contributed by atoms with E-state index in [4.69, 9.17) is 5.11 Å². The van der Waals surface area contributed by atoms with Crippen LogP contribution >= 0.6 is 0 Å². The number of amides is 1. The number of carbonyl (C=O) groups is 2. The van der Waals surface area contributed by atoms with Crippen LogP contribution in [0.5, 0.6) is 0 Å². The van der Waals surface area contributed by atoms with E-state index in [1.54, 1.807) is 4.90 Å². The van der Waals surface area contributed by atoms with Crippen molar-refractivity contribution < 1.29 is 14.7 Å². The molecule has 104 valence electrons. The van der Waals surface area contributed by atoms with Gasteiger partial charge in [-0.15, -0.1) is 0 Å². The van der Waals surface area contributed by atoms with E-state index in [-0.39, 0.29) is 18.9 Å². The van der Waals surface area contributed by atoms with Crippen molar-refractivity contribution in [3.8, 4) is 0 Å². The third kappa shape index (κ3) is 6.04. The van der Waals surface area contributed by atoms with Crippen LogP contribution in [0.1, 0.15) is 25.8 Å². The Hall–Kier alpha value is -1.84. The average Bonchev–Trinajstić information content (AvgIpc) is 2.35. The van der Waals surface area contributed by atoms with Crippen molar-refractivity contribution in [1.29, 1.82) is 0 Å². The van der Waals surface area contributed by atoms with Gasteiger partial charge < -0.3 is 10.0 Å². The van der Waals surface area contributed by atoms with E-state index < -0.39 is 5.97 Å². The highest BCUT2D eigenvalue weighted by Crippen LogP contribution is 2.06. The molecule has 4 nitrogen and oxygen atoms in total. The lowest BCUT2D eigenvalue weighted by atomic mass is 10.1. The minimum absolute atomic E-state index is 0.00670. The third-order valence-corrected chi connectivity index (χ3v) is 2.73. The Bertz CT molecular complexity index is 415. The highest BCUT2D eigenvalue weighted by Gasteiger charge is 2.16. The van der Waals surface area contributed by atoms with Gasteiger partial charge in [-0.25, -0.2) is 0 Å². The zero-order chi connectivity index (χ0) is 14.3. The van der Waals surface area contributed by atoms with E-state index >= 15 is 0 Å². The lowest BCUT2D eigenvalue weighted by Crippen LogP contribution is -2.36. The van der Waals surface area contributed by atoms with Gasteiger partial charge in [0.2, 0.25) is 5.91 Å². The van der Waals surface area contributed by atoms with Crippen LogP contribution in [0, 0.1) is 5.92 Å². The quantitative estimate of drug-likeness (QED) is 0.820. The summed E-state index contributed by atoms with van der Waals surface area (Å²) in [5, 5.41) is 8.73. The second-order valence-electron chi connectivity index (χ2n) is 5.04. The molecule has 0 saturated carbocycles. The summed E-state index contributed by atoms with van der Waals surface area (Å²) in [5.74, 6) is -0.559. The second-order valence-corrected chi connectivity index (χ2v) is 5.04. The Morgan fingerprint density at radius 1 is 1.21 bits per heavy atom. The Balaban J connectivity index is 2.62. The first-order valence-corrected chi connectivity index (χ1v) is 6.52. The number of carboxylic acids is 1. The van der Waals surface area contributed by atoms with E-state index in [0.29, 0.717) is 18.9 Å². The van der Waals surface area contributed by atoms with Crippen molar-refractivity contribution in [1.82, 2.24) is 4.90 Å². The molecular formula is C15H21NO3. The number of benzene rings is 1. The maximum atomic E-state index is 12.2. The minimum atomic E-state index is -0.874. The number of carboxylic acid groups (broad SMARTS) is 1. The van der Waals surface area contributed by atoms with E-state index in [1.165, 1.54) is 0 Å². The molecule has 4 heteroatoms. The molecule has 0 aromatic heterocycles. The van der Waals surface area contributed by atoms with E-state index in [9.17, 15) is 9.59 Å². The van der Waals surface area contributed by atoms with Crippen molar-refractivity contribution in [2.75, 3.05) is 13.1 Å². The summed E-state index contributed by atoms with van der Waals surface area (Å²) in [7, 11) is 0. The predicted molar refractivity (Wildman–Crippen MR) is 73.8 cm³/mol. The molecule has 0 bridgehead atoms. The van der Waals surface area contributed by atoms with Gasteiger partial charge in [0.05, 0.1) is 12.8 Å². The van der Waals surface area contributed by atoms with Gasteiger partial charge in [-0.05, 0) is 11.5 Å². The fourth-order valence-corrected chi connectivity index (χ4v) is 1.87. The largest absolute Gasteiger partial charge is 0.481 e. The Labute approximate surface area is 114 Å². The Morgan fingerprint density at radius 2 is 1.84 bits per heavy atom. The van der Waals surface area contributed by atoms with Crippen molar-refractivity contribution in [3.63, 3.8) is 0 Å². The normalized spacial score (nSPS) is 10.5. The minimum Gasteiger partial charge on any atom is -0.481 e. The van der Waals surface area contributed by atoms with Crippen molar-refractivity contribution >= 4 is 11.9 Å². The highest BCUT2D eigenvalue weighted by molar-refractivity contribution is 5.79. The third-order valence-electron chi connectivity index (χ3n) is 2.73. The van der Waals surface area contributed by atoms with Crippen LogP contribution in [0.2, 0.25) is 0 Å². The molecule has 1 N–H and O–H groups in total. The fourth-order valence-electron chi connectivity index (χ4n) is 1.87. The summed E-state index contributed by atoms with van der Waals surface area (Å²) in [6.07, 6.45) is 0.320. The molecule has 1 rings (SSSR count). The van der Waals surface area contributed by atoms with Crippen LogP contribution in [-0.4, -0.2) is 35.0 Å². The second kappa shape index (κ2) is 7.56. The maximum absolute atomic E-state index is 12.2. The van der Waals surface area contributed by atoms with E-state index in [0.717, 1.165) is 5.56 Å². The number of aliphatic carboxylic acids is 1. The van der Waals surface area contributed by atoms with Crippen molar-refractivity contribution in [2.24, 2.45) is 5.92 Å². The molecule has 1 amide bonds. The topological polar surface area (TPSA) is 57.6 Å². The lowest BCUT2D eigenvalue weighted by Gasteiger charge is -2.24. The monoisotopic (exact) mass is 263 g/mol. The smallest absolute Gasteiger partial charge is 0.305 e. The number of carbonyl (C=O) groups excluding carboxylic acids is 1. The highest BCUT2D eigenvalue weighted by atomic mass is 16.4. The summed E-state index contributed by atoms with van der Waals surface area (Å²) >= 11 is 0. The van der Waals surface area contributed by atoms with Crippen LogP contribution in [0.15, 0.2) is 30.3 Å². The predicted octanol–water partition coefficient (Wildman–Crippen LogP) is 2.19. The van der Waals surface area contributed by atoms with Gasteiger partial charge in [0.25, 0.3) is 0 Å². The molecule has 0 saturated heterocycles. The summed E-state index contributed by atoms with van der Waals surface area (Å²) in [6, 6.07) is 9.51. The summed E-state index contributed by atoms with van der Waals surface area (Å²) < 4.78 is 0. The molecule has 0 spiro atoms. The van der Waals surface area contributed by atoms with Gasteiger partial charge >= 0.3 is 5.97 Å². The number of nitrogens with zero attached hydrogens (tertiary/aromatic N) is 1. The standard InChI is InChI=1S/C15H21NO3/c1-12(2)11-16(9-8-15(18)19)14(17)10-13-6-4-3-5-7-13/h3-7,12H,8-11H2,1-2H3,(H,18,19).